The Labute approximate surface area is 145 Å². The molecule has 1 aromatic heterocycles. The SMILES string of the molecule is O=C(Oc1cc(C2=CC3CNCC3C2)cnc1Cl)c1ccccc1. The molecule has 24 heavy (non-hydrogen) atoms. The van der Waals surface area contributed by atoms with Crippen LogP contribution in [0.3, 0.4) is 0 Å². The van der Waals surface area contributed by atoms with Crippen molar-refractivity contribution in [2.24, 2.45) is 11.8 Å². The van der Waals surface area contributed by atoms with Gasteiger partial charge in [0.05, 0.1) is 5.56 Å². The van der Waals surface area contributed by atoms with E-state index < -0.39 is 5.97 Å². The molecular formula is C19H17ClN2O2. The number of carbonyl (C=O) groups excluding carboxylic acids is 1. The normalized spacial score (nSPS) is 22.1. The highest BCUT2D eigenvalue weighted by atomic mass is 35.5. The second kappa shape index (κ2) is 6.38. The van der Waals surface area contributed by atoms with Crippen molar-refractivity contribution in [3.05, 3.63) is 65.0 Å². The van der Waals surface area contributed by atoms with E-state index in [-0.39, 0.29) is 5.15 Å². The van der Waals surface area contributed by atoms with E-state index in [0.717, 1.165) is 25.1 Å². The maximum absolute atomic E-state index is 12.2. The first-order chi connectivity index (χ1) is 11.7. The van der Waals surface area contributed by atoms with Crippen LogP contribution in [0.15, 0.2) is 48.7 Å². The lowest BCUT2D eigenvalue weighted by molar-refractivity contribution is 0.0734. The lowest BCUT2D eigenvalue weighted by atomic mass is 9.99. The Hall–Kier alpha value is -2.17. The zero-order chi connectivity index (χ0) is 16.5. The van der Waals surface area contributed by atoms with Gasteiger partial charge in [0.15, 0.2) is 10.9 Å². The molecule has 2 atom stereocenters. The second-order valence-corrected chi connectivity index (χ2v) is 6.60. The average molecular weight is 341 g/mol. The fraction of sp³-hybridized carbons (Fsp3) is 0.263. The average Bonchev–Trinajstić information content (AvgIpc) is 3.19. The molecule has 2 aliphatic rings. The number of fused-ring (bicyclic) bond motifs is 1. The molecule has 1 N–H and O–H groups in total. The van der Waals surface area contributed by atoms with Crippen molar-refractivity contribution in [1.82, 2.24) is 10.3 Å². The number of pyridine rings is 1. The van der Waals surface area contributed by atoms with Crippen LogP contribution in [-0.4, -0.2) is 24.0 Å². The Balaban J connectivity index is 1.57. The number of hydrogen-bond acceptors (Lipinski definition) is 4. The minimum atomic E-state index is -0.432. The Morgan fingerprint density at radius 3 is 2.88 bits per heavy atom. The second-order valence-electron chi connectivity index (χ2n) is 6.25. The highest BCUT2D eigenvalue weighted by Gasteiger charge is 2.32. The van der Waals surface area contributed by atoms with Crippen LogP contribution in [0.1, 0.15) is 22.3 Å². The summed E-state index contributed by atoms with van der Waals surface area (Å²) in [5, 5.41) is 3.61. The van der Waals surface area contributed by atoms with Gasteiger partial charge in [0.25, 0.3) is 0 Å². The Morgan fingerprint density at radius 2 is 2.08 bits per heavy atom. The van der Waals surface area contributed by atoms with Crippen molar-refractivity contribution in [3.63, 3.8) is 0 Å². The molecule has 0 radical (unpaired) electrons. The number of rotatable bonds is 3. The molecule has 5 heteroatoms. The molecular weight excluding hydrogens is 324 g/mol. The van der Waals surface area contributed by atoms with Gasteiger partial charge in [-0.05, 0) is 54.1 Å². The number of hydrogen-bond donors (Lipinski definition) is 1. The van der Waals surface area contributed by atoms with E-state index in [2.05, 4.69) is 16.4 Å². The van der Waals surface area contributed by atoms with Crippen molar-refractivity contribution in [3.8, 4) is 5.75 Å². The summed E-state index contributed by atoms with van der Waals surface area (Å²) in [6, 6.07) is 10.7. The molecule has 2 heterocycles. The van der Waals surface area contributed by atoms with E-state index in [1.807, 2.05) is 12.1 Å². The largest absolute Gasteiger partial charge is 0.420 e. The summed E-state index contributed by atoms with van der Waals surface area (Å²) in [7, 11) is 0. The summed E-state index contributed by atoms with van der Waals surface area (Å²) in [4.78, 5) is 16.4. The van der Waals surface area contributed by atoms with Gasteiger partial charge in [0.2, 0.25) is 0 Å². The fourth-order valence-corrected chi connectivity index (χ4v) is 3.55. The maximum Gasteiger partial charge on any atom is 0.343 e. The van der Waals surface area contributed by atoms with Gasteiger partial charge in [-0.2, -0.15) is 0 Å². The molecule has 2 aromatic rings. The Morgan fingerprint density at radius 1 is 1.25 bits per heavy atom. The molecule has 0 amide bonds. The first-order valence-electron chi connectivity index (χ1n) is 8.05. The molecule has 4 nitrogen and oxygen atoms in total. The summed E-state index contributed by atoms with van der Waals surface area (Å²) in [6.07, 6.45) is 5.08. The molecule has 4 rings (SSSR count). The van der Waals surface area contributed by atoms with Gasteiger partial charge in [-0.25, -0.2) is 9.78 Å². The van der Waals surface area contributed by atoms with Crippen molar-refractivity contribution >= 4 is 23.1 Å². The van der Waals surface area contributed by atoms with E-state index in [4.69, 9.17) is 16.3 Å². The van der Waals surface area contributed by atoms with E-state index in [1.54, 1.807) is 30.5 Å². The Bertz CT molecular complexity index is 804. The van der Waals surface area contributed by atoms with Crippen LogP contribution in [-0.2, 0) is 0 Å². The number of halogens is 1. The number of aromatic nitrogens is 1. The number of nitrogens with one attached hydrogen (secondary N) is 1. The van der Waals surface area contributed by atoms with Gasteiger partial charge in [-0.15, -0.1) is 0 Å². The molecule has 0 saturated carbocycles. The lowest BCUT2D eigenvalue weighted by Gasteiger charge is -2.10. The molecule has 2 unspecified atom stereocenters. The number of carbonyl (C=O) groups is 1. The minimum absolute atomic E-state index is 0.198. The van der Waals surface area contributed by atoms with E-state index in [0.29, 0.717) is 23.1 Å². The zero-order valence-electron chi connectivity index (χ0n) is 13.0. The quantitative estimate of drug-likeness (QED) is 0.685. The predicted octanol–water partition coefficient (Wildman–Crippen LogP) is 3.58. The van der Waals surface area contributed by atoms with Crippen LogP contribution in [0.4, 0.5) is 0 Å². The first kappa shape index (κ1) is 15.4. The standard InChI is InChI=1S/C19H17ClN2O2/c20-18-17(24-19(23)12-4-2-1-3-5-12)8-16(11-22-18)13-6-14-9-21-10-15(14)7-13/h1-6,8,11,14-15,21H,7,9-10H2. The van der Waals surface area contributed by atoms with Crippen LogP contribution in [0, 0.1) is 11.8 Å². The first-order valence-corrected chi connectivity index (χ1v) is 8.43. The molecule has 1 saturated heterocycles. The van der Waals surface area contributed by atoms with Gasteiger partial charge < -0.3 is 10.1 Å². The number of ether oxygens (including phenoxy) is 1. The van der Waals surface area contributed by atoms with E-state index in [1.165, 1.54) is 5.57 Å². The lowest BCUT2D eigenvalue weighted by Crippen LogP contribution is -2.10. The topological polar surface area (TPSA) is 51.2 Å². The number of nitrogens with zero attached hydrogens (tertiary/aromatic N) is 1. The van der Waals surface area contributed by atoms with Gasteiger partial charge in [-0.3, -0.25) is 0 Å². The molecule has 122 valence electrons. The summed E-state index contributed by atoms with van der Waals surface area (Å²) in [5.41, 5.74) is 2.72. The zero-order valence-corrected chi connectivity index (χ0v) is 13.8. The predicted molar refractivity (Wildman–Crippen MR) is 93.1 cm³/mol. The highest BCUT2D eigenvalue weighted by molar-refractivity contribution is 6.31. The van der Waals surface area contributed by atoms with Crippen molar-refractivity contribution in [1.29, 1.82) is 0 Å². The molecule has 1 aromatic carbocycles. The maximum atomic E-state index is 12.2. The molecule has 1 fully saturated rings. The number of benzene rings is 1. The van der Waals surface area contributed by atoms with Gasteiger partial charge in [0, 0.05) is 12.7 Å². The van der Waals surface area contributed by atoms with Crippen LogP contribution >= 0.6 is 11.6 Å². The third-order valence-corrected chi connectivity index (χ3v) is 4.96. The smallest absolute Gasteiger partial charge is 0.343 e. The van der Waals surface area contributed by atoms with Crippen molar-refractivity contribution in [2.45, 2.75) is 6.42 Å². The third kappa shape index (κ3) is 2.95. The summed E-state index contributed by atoms with van der Waals surface area (Å²) >= 11 is 6.11. The number of allylic oxidation sites excluding steroid dienone is 1. The van der Waals surface area contributed by atoms with E-state index in [9.17, 15) is 4.79 Å². The summed E-state index contributed by atoms with van der Waals surface area (Å²) in [5.74, 6) is 1.12. The van der Waals surface area contributed by atoms with Crippen molar-refractivity contribution < 1.29 is 9.53 Å². The van der Waals surface area contributed by atoms with Gasteiger partial charge in [0.1, 0.15) is 0 Å². The van der Waals surface area contributed by atoms with Crippen LogP contribution in [0.2, 0.25) is 5.15 Å². The molecule has 1 aliphatic heterocycles. The van der Waals surface area contributed by atoms with E-state index >= 15 is 0 Å². The molecule has 1 aliphatic carbocycles. The third-order valence-electron chi connectivity index (χ3n) is 4.68. The van der Waals surface area contributed by atoms with Crippen LogP contribution < -0.4 is 10.1 Å². The minimum Gasteiger partial charge on any atom is -0.420 e. The highest BCUT2D eigenvalue weighted by Crippen LogP contribution is 2.39. The fourth-order valence-electron chi connectivity index (χ4n) is 3.40. The van der Waals surface area contributed by atoms with Gasteiger partial charge >= 0.3 is 5.97 Å². The summed E-state index contributed by atoms with van der Waals surface area (Å²) < 4.78 is 5.45. The van der Waals surface area contributed by atoms with Gasteiger partial charge in [-0.1, -0.05) is 35.9 Å². The van der Waals surface area contributed by atoms with Crippen LogP contribution in [0.25, 0.3) is 5.57 Å². The monoisotopic (exact) mass is 340 g/mol. The number of esters is 1. The Kier molecular flexibility index (Phi) is 4.08. The van der Waals surface area contributed by atoms with Crippen molar-refractivity contribution in [2.75, 3.05) is 13.1 Å². The molecule has 0 spiro atoms. The summed E-state index contributed by atoms with van der Waals surface area (Å²) in [6.45, 7) is 2.09. The molecule has 0 bridgehead atoms. The van der Waals surface area contributed by atoms with Crippen LogP contribution in [0.5, 0.6) is 5.75 Å².